The Morgan fingerprint density at radius 3 is 1.17 bits per heavy atom. The third kappa shape index (κ3) is 45.4. The van der Waals surface area contributed by atoms with Crippen molar-refractivity contribution < 1.29 is 64.6 Å². The van der Waals surface area contributed by atoms with Crippen molar-refractivity contribution in [1.29, 1.82) is 0 Å². The molecule has 12 unspecified atom stereocenters. The third-order valence-corrected chi connectivity index (χ3v) is 17.0. The van der Waals surface area contributed by atoms with Crippen LogP contribution in [-0.4, -0.2) is 140 Å². The molecule has 0 bridgehead atoms. The number of hydrogen-bond acceptors (Lipinski definition) is 13. The first kappa shape index (κ1) is 86.0. The number of hydrogen-bond donors (Lipinski definition) is 9. The third-order valence-electron chi connectivity index (χ3n) is 17.0. The minimum atomic E-state index is -1.80. The van der Waals surface area contributed by atoms with E-state index in [1.165, 1.54) is 135 Å². The van der Waals surface area contributed by atoms with Crippen LogP contribution in [0.15, 0.2) is 146 Å². The Morgan fingerprint density at radius 1 is 0.394 bits per heavy atom. The average molecular weight is 1320 g/mol. The highest BCUT2D eigenvalue weighted by atomic mass is 16.7. The lowest BCUT2D eigenvalue weighted by Gasteiger charge is -2.46. The topological polar surface area (TPSA) is 228 Å². The molecule has 0 aromatic rings. The number of carbonyl (C=O) groups is 1. The molecule has 536 valence electrons. The van der Waals surface area contributed by atoms with Gasteiger partial charge in [-0.3, -0.25) is 4.79 Å². The van der Waals surface area contributed by atoms with E-state index < -0.39 is 86.8 Å². The fourth-order valence-corrected chi connectivity index (χ4v) is 11.2. The van der Waals surface area contributed by atoms with Crippen molar-refractivity contribution in [2.75, 3.05) is 19.8 Å². The summed E-state index contributed by atoms with van der Waals surface area (Å²) in [4.78, 5) is 13.3. The predicted octanol–water partition coefficient (Wildman–Crippen LogP) is 16.0. The summed E-state index contributed by atoms with van der Waals surface area (Å²) in [6, 6.07) is -0.969. The van der Waals surface area contributed by atoms with E-state index in [9.17, 15) is 45.6 Å². The highest BCUT2D eigenvalue weighted by Crippen LogP contribution is 2.30. The minimum absolute atomic E-state index is 0.208. The molecule has 94 heavy (non-hydrogen) atoms. The van der Waals surface area contributed by atoms with Crippen LogP contribution in [0.1, 0.15) is 258 Å². The largest absolute Gasteiger partial charge is 0.394 e. The van der Waals surface area contributed by atoms with Crippen molar-refractivity contribution in [3.63, 3.8) is 0 Å². The van der Waals surface area contributed by atoms with E-state index in [1.807, 2.05) is 6.08 Å². The zero-order chi connectivity index (χ0) is 68.0. The molecule has 2 heterocycles. The van der Waals surface area contributed by atoms with Gasteiger partial charge in [-0.25, -0.2) is 0 Å². The second kappa shape index (κ2) is 62.4. The summed E-state index contributed by atoms with van der Waals surface area (Å²) in [5.74, 6) is -0.295. The molecular weight excluding hydrogens is 1180 g/mol. The zero-order valence-corrected chi connectivity index (χ0v) is 58.4. The molecular formula is C80H133NO13. The fraction of sp³-hybridized carbons (Fsp3) is 0.688. The Hall–Kier alpha value is -4.13. The molecule has 0 aliphatic carbocycles. The molecule has 2 aliphatic rings. The molecule has 9 N–H and O–H groups in total. The van der Waals surface area contributed by atoms with Crippen LogP contribution in [0.3, 0.4) is 0 Å². The Balaban J connectivity index is 1.72. The average Bonchev–Trinajstić information content (AvgIpc) is 0.794. The molecule has 2 aliphatic heterocycles. The molecule has 0 radical (unpaired) electrons. The zero-order valence-electron chi connectivity index (χ0n) is 58.4. The Morgan fingerprint density at radius 2 is 0.745 bits per heavy atom. The molecule has 2 rings (SSSR count). The molecule has 12 atom stereocenters. The first-order chi connectivity index (χ1) is 46.1. The van der Waals surface area contributed by atoms with Crippen LogP contribution in [0, 0.1) is 0 Å². The van der Waals surface area contributed by atoms with Gasteiger partial charge in [-0.05, 0) is 109 Å². The summed E-state index contributed by atoms with van der Waals surface area (Å²) < 4.78 is 22.8. The maximum atomic E-state index is 13.3. The summed E-state index contributed by atoms with van der Waals surface area (Å²) in [5.41, 5.74) is 0. The molecule has 0 saturated carbocycles. The Kier molecular flexibility index (Phi) is 57.1. The van der Waals surface area contributed by atoms with E-state index >= 15 is 0 Å². The van der Waals surface area contributed by atoms with Gasteiger partial charge in [-0.15, -0.1) is 0 Å². The molecule has 0 aromatic carbocycles. The number of allylic oxidation sites excluding steroid dienone is 23. The second-order valence-corrected chi connectivity index (χ2v) is 25.3. The first-order valence-electron chi connectivity index (χ1n) is 37.1. The number of rotatable bonds is 59. The second-order valence-electron chi connectivity index (χ2n) is 25.3. The minimum Gasteiger partial charge on any atom is -0.394 e. The van der Waals surface area contributed by atoms with Crippen LogP contribution in [0.4, 0.5) is 0 Å². The monoisotopic (exact) mass is 1320 g/mol. The lowest BCUT2D eigenvalue weighted by atomic mass is 9.97. The van der Waals surface area contributed by atoms with Gasteiger partial charge in [-0.2, -0.15) is 0 Å². The van der Waals surface area contributed by atoms with Gasteiger partial charge in [0.15, 0.2) is 12.6 Å². The van der Waals surface area contributed by atoms with Gasteiger partial charge in [0.1, 0.15) is 48.8 Å². The number of amides is 1. The van der Waals surface area contributed by atoms with Gasteiger partial charge in [0.25, 0.3) is 0 Å². The number of aliphatic hydroxyl groups is 8. The number of carbonyl (C=O) groups excluding carboxylic acids is 1. The summed E-state index contributed by atoms with van der Waals surface area (Å²) >= 11 is 0. The summed E-state index contributed by atoms with van der Waals surface area (Å²) in [6.07, 6.45) is 77.7. The van der Waals surface area contributed by atoms with Gasteiger partial charge in [0.2, 0.25) is 5.91 Å². The standard InChI is InChI=1S/C80H133NO13/c1-3-5-7-9-11-13-15-17-19-21-23-25-27-29-31-32-33-34-35-36-38-40-42-44-46-48-50-52-54-56-58-60-62-64-72(85)81-68(67-91-79-77(90)75(88)78(71(66-83)93-79)94-80-76(89)74(87)73(86)70(65-82)92-80)69(84)63-61-59-57-55-53-51-49-47-45-43-41-39-37-30-28-26-24-22-20-18-16-14-12-10-8-6-4-2/h5,7,11,13,17,19,23,25,29,31,33-34,36,38,42,44,48,50,53-56,61,63,68-71,73-80,82-84,86-90H,3-4,6,8-10,12,14-16,18,20-22,24,26-28,30,32,35,37,39-41,43,45-47,49,51-52,57-60,62,64-67H2,1-2H3,(H,81,85)/b7-5-,13-11-,19-17-,25-23-,31-29-,34-33-,38-36-,44-42-,50-48-,55-53+,56-54-,63-61+. The molecule has 14 nitrogen and oxygen atoms in total. The smallest absolute Gasteiger partial charge is 0.220 e. The van der Waals surface area contributed by atoms with E-state index in [1.54, 1.807) is 6.08 Å². The van der Waals surface area contributed by atoms with Crippen molar-refractivity contribution in [3.05, 3.63) is 146 Å². The van der Waals surface area contributed by atoms with Crippen molar-refractivity contribution in [1.82, 2.24) is 5.32 Å². The highest BCUT2D eigenvalue weighted by Gasteiger charge is 2.51. The lowest BCUT2D eigenvalue weighted by Crippen LogP contribution is -2.65. The lowest BCUT2D eigenvalue weighted by molar-refractivity contribution is -0.359. The molecule has 2 fully saturated rings. The number of unbranched alkanes of at least 4 members (excludes halogenated alkanes) is 24. The maximum Gasteiger partial charge on any atom is 0.220 e. The number of nitrogens with one attached hydrogen (secondary N) is 1. The fourth-order valence-electron chi connectivity index (χ4n) is 11.2. The summed E-state index contributed by atoms with van der Waals surface area (Å²) in [5, 5.41) is 87.5. The van der Waals surface area contributed by atoms with Crippen molar-refractivity contribution >= 4 is 5.91 Å². The van der Waals surface area contributed by atoms with E-state index in [-0.39, 0.29) is 18.9 Å². The first-order valence-corrected chi connectivity index (χ1v) is 37.1. The predicted molar refractivity (Wildman–Crippen MR) is 387 cm³/mol. The van der Waals surface area contributed by atoms with Crippen LogP contribution in [0.2, 0.25) is 0 Å². The van der Waals surface area contributed by atoms with E-state index in [0.717, 1.165) is 89.9 Å². The van der Waals surface area contributed by atoms with Crippen molar-refractivity contribution in [2.45, 2.75) is 331 Å². The maximum absolute atomic E-state index is 13.3. The van der Waals surface area contributed by atoms with Crippen molar-refractivity contribution in [3.8, 4) is 0 Å². The SMILES string of the molecule is CC/C=C\C/C=C\C/C=C\C/C=C\C/C=C\C/C=C\C/C=C\C/C=C\C/C=C\C/C=C\CCCCC(=O)NC(COC1OC(CO)C(OC2OC(CO)C(O)C(O)C2O)C(O)C1O)C(O)/C=C/CC/C=C/CCCCCCCCCCCCCCCCCCCCCCC. The highest BCUT2D eigenvalue weighted by molar-refractivity contribution is 5.76. The van der Waals surface area contributed by atoms with E-state index in [4.69, 9.17) is 18.9 Å². The van der Waals surface area contributed by atoms with Gasteiger partial charge in [-0.1, -0.05) is 288 Å². The number of aliphatic hydroxyl groups excluding tert-OH is 8. The Labute approximate surface area is 570 Å². The quantitative estimate of drug-likeness (QED) is 0.0204. The van der Waals surface area contributed by atoms with E-state index in [2.05, 4.69) is 153 Å². The summed E-state index contributed by atoms with van der Waals surface area (Å²) in [6.45, 7) is 2.65. The Bertz CT molecular complexity index is 2140. The van der Waals surface area contributed by atoms with Crippen molar-refractivity contribution in [2.24, 2.45) is 0 Å². The molecule has 0 aromatic heterocycles. The van der Waals surface area contributed by atoms with Gasteiger partial charge in [0, 0.05) is 6.42 Å². The van der Waals surface area contributed by atoms with E-state index in [0.29, 0.717) is 12.8 Å². The van der Waals surface area contributed by atoms with Crippen LogP contribution < -0.4 is 5.32 Å². The van der Waals surface area contributed by atoms with Gasteiger partial charge in [0.05, 0.1) is 32.0 Å². The van der Waals surface area contributed by atoms with Crippen LogP contribution in [-0.2, 0) is 23.7 Å². The van der Waals surface area contributed by atoms with Gasteiger partial charge >= 0.3 is 0 Å². The molecule has 2 saturated heterocycles. The van der Waals surface area contributed by atoms with Crippen LogP contribution in [0.25, 0.3) is 0 Å². The van der Waals surface area contributed by atoms with Gasteiger partial charge < -0.3 is 65.1 Å². The normalized spacial score (nSPS) is 23.3. The van der Waals surface area contributed by atoms with Crippen LogP contribution in [0.5, 0.6) is 0 Å². The number of ether oxygens (including phenoxy) is 4. The van der Waals surface area contributed by atoms with Crippen LogP contribution >= 0.6 is 0 Å². The molecule has 1 amide bonds. The summed E-state index contributed by atoms with van der Waals surface area (Å²) in [7, 11) is 0. The molecule has 0 spiro atoms. The molecule has 14 heteroatoms.